The summed E-state index contributed by atoms with van der Waals surface area (Å²) in [5.74, 6) is -0.682. The van der Waals surface area contributed by atoms with Gasteiger partial charge in [-0.25, -0.2) is 13.2 Å². The summed E-state index contributed by atoms with van der Waals surface area (Å²) in [7, 11) is 1.66. The molecule has 0 aliphatic carbocycles. The number of alkyl halides is 2. The Morgan fingerprint density at radius 1 is 1.23 bits per heavy atom. The molecule has 10 nitrogen and oxygen atoms in total. The van der Waals surface area contributed by atoms with Crippen molar-refractivity contribution in [3.05, 3.63) is 72.1 Å². The number of benzene rings is 1. The van der Waals surface area contributed by atoms with Gasteiger partial charge in [0, 0.05) is 49.5 Å². The number of amides is 1. The van der Waals surface area contributed by atoms with E-state index in [1.807, 2.05) is 0 Å². The van der Waals surface area contributed by atoms with E-state index in [-0.39, 0.29) is 12.4 Å². The molecule has 0 bridgehead atoms. The van der Waals surface area contributed by atoms with Gasteiger partial charge in [-0.1, -0.05) is 12.5 Å². The van der Waals surface area contributed by atoms with E-state index in [9.17, 15) is 18.0 Å². The number of ether oxygens (including phenoxy) is 2. The molecule has 1 N–H and O–H groups in total. The molecule has 5 rings (SSSR count). The fourth-order valence-corrected chi connectivity index (χ4v) is 4.84. The maximum atomic E-state index is 14.9. The first-order valence-electron chi connectivity index (χ1n) is 14.3. The first kappa shape index (κ1) is 32.6. The predicted octanol–water partition coefficient (Wildman–Crippen LogP) is 5.00. The largest absolute Gasteiger partial charge is 0.470 e. The Bertz CT molecular complexity index is 1380. The number of piperidine rings is 1. The molecule has 13 heteroatoms. The zero-order chi connectivity index (χ0) is 31.3. The lowest BCUT2D eigenvalue weighted by atomic mass is 10.0. The third-order valence-electron chi connectivity index (χ3n) is 7.20. The van der Waals surface area contributed by atoms with E-state index in [0.717, 1.165) is 19.3 Å². The standard InChI is InChI=1S/C23H21F3N6O2.C8H15NO/c1-27-20-8-18(15-4-3-7-29-10-15)19(24)9-21(20)32(14-33)12-17-6-5-16(11-30-17)23(31-28-2)34-13-22(25)26;1-2-4-9(5-3-1)8-6-10-7-8/h3-11,14,22,27H,2,12-13H2,1H3;8H,1-7H2/b31-23-;. The van der Waals surface area contributed by atoms with Crippen LogP contribution in [0, 0.1) is 5.82 Å². The molecular formula is C31H36F3N7O3. The summed E-state index contributed by atoms with van der Waals surface area (Å²) >= 11 is 0. The number of nitrogens with zero attached hydrogens (tertiary/aromatic N) is 6. The van der Waals surface area contributed by atoms with Crippen molar-refractivity contribution in [2.24, 2.45) is 10.2 Å². The second-order valence-electron chi connectivity index (χ2n) is 10.1. The molecule has 1 amide bonds. The van der Waals surface area contributed by atoms with Gasteiger partial charge < -0.3 is 19.7 Å². The molecule has 0 radical (unpaired) electrons. The summed E-state index contributed by atoms with van der Waals surface area (Å²) in [5.41, 5.74) is 2.52. The van der Waals surface area contributed by atoms with Gasteiger partial charge in [-0.15, -0.1) is 5.10 Å². The number of rotatable bonds is 11. The fourth-order valence-electron chi connectivity index (χ4n) is 4.84. The van der Waals surface area contributed by atoms with Crippen molar-refractivity contribution in [3.8, 4) is 11.1 Å². The van der Waals surface area contributed by atoms with Crippen molar-refractivity contribution in [1.82, 2.24) is 14.9 Å². The molecular weight excluding hydrogens is 575 g/mol. The maximum Gasteiger partial charge on any atom is 0.272 e. The second kappa shape index (κ2) is 16.5. The van der Waals surface area contributed by atoms with Crippen LogP contribution in [-0.2, 0) is 20.8 Å². The smallest absolute Gasteiger partial charge is 0.272 e. The van der Waals surface area contributed by atoms with Crippen molar-refractivity contribution in [3.63, 3.8) is 0 Å². The highest BCUT2D eigenvalue weighted by Crippen LogP contribution is 2.34. The minimum absolute atomic E-state index is 0.0220. The van der Waals surface area contributed by atoms with Crippen LogP contribution in [-0.4, -0.2) is 86.3 Å². The monoisotopic (exact) mass is 611 g/mol. The normalized spacial score (nSPS) is 15.5. The molecule has 234 valence electrons. The van der Waals surface area contributed by atoms with Crippen molar-refractivity contribution < 1.29 is 27.4 Å². The maximum absolute atomic E-state index is 14.9. The molecule has 0 unspecified atom stereocenters. The summed E-state index contributed by atoms with van der Waals surface area (Å²) in [5, 5.41) is 9.89. The van der Waals surface area contributed by atoms with Gasteiger partial charge >= 0.3 is 0 Å². The Morgan fingerprint density at radius 3 is 2.59 bits per heavy atom. The van der Waals surface area contributed by atoms with Gasteiger partial charge in [0.15, 0.2) is 6.61 Å². The SMILES string of the molecule is C1CCN(C2COC2)CC1.C=N/N=C(\OCC(F)F)c1ccc(CN(C=O)c2cc(F)c(-c3cccnc3)cc2NC)nc1. The van der Waals surface area contributed by atoms with Gasteiger partial charge in [0.1, 0.15) is 5.82 Å². The molecule has 1 aromatic carbocycles. The third kappa shape index (κ3) is 8.83. The number of hydrogen-bond donors (Lipinski definition) is 1. The van der Waals surface area contributed by atoms with Crippen molar-refractivity contribution in [2.75, 3.05) is 50.2 Å². The highest BCUT2D eigenvalue weighted by molar-refractivity contribution is 5.94. The molecule has 0 atom stereocenters. The summed E-state index contributed by atoms with van der Waals surface area (Å²) < 4.78 is 49.9. The van der Waals surface area contributed by atoms with E-state index >= 15 is 0 Å². The van der Waals surface area contributed by atoms with Crippen LogP contribution in [0.15, 0.2) is 65.2 Å². The van der Waals surface area contributed by atoms with Crippen molar-refractivity contribution >= 4 is 30.4 Å². The zero-order valence-corrected chi connectivity index (χ0v) is 24.5. The van der Waals surface area contributed by atoms with Crippen LogP contribution in [0.2, 0.25) is 0 Å². The van der Waals surface area contributed by atoms with Crippen LogP contribution in [0.3, 0.4) is 0 Å². The van der Waals surface area contributed by atoms with Gasteiger partial charge in [-0.2, -0.15) is 5.10 Å². The Kier molecular flexibility index (Phi) is 12.2. The molecule has 4 heterocycles. The average molecular weight is 612 g/mol. The van der Waals surface area contributed by atoms with Crippen LogP contribution >= 0.6 is 0 Å². The van der Waals surface area contributed by atoms with Crippen molar-refractivity contribution in [2.45, 2.75) is 38.3 Å². The number of anilines is 2. The minimum Gasteiger partial charge on any atom is -0.470 e. The Balaban J connectivity index is 0.000000369. The summed E-state index contributed by atoms with van der Waals surface area (Å²) in [6.45, 7) is 6.96. The van der Waals surface area contributed by atoms with Gasteiger partial charge in [0.25, 0.3) is 6.43 Å². The Hall–Kier alpha value is -4.36. The first-order chi connectivity index (χ1) is 21.4. The van der Waals surface area contributed by atoms with E-state index < -0.39 is 18.8 Å². The average Bonchev–Trinajstić information content (AvgIpc) is 3.02. The molecule has 2 aliphatic rings. The number of nitrogens with one attached hydrogen (secondary N) is 1. The molecule has 0 saturated carbocycles. The van der Waals surface area contributed by atoms with E-state index in [1.165, 1.54) is 55.6 Å². The predicted molar refractivity (Wildman–Crippen MR) is 164 cm³/mol. The number of carbonyl (C=O) groups is 1. The fraction of sp³-hybridized carbons (Fsp3) is 0.387. The first-order valence-corrected chi connectivity index (χ1v) is 14.3. The molecule has 2 saturated heterocycles. The van der Waals surface area contributed by atoms with Gasteiger partial charge in [0.2, 0.25) is 12.3 Å². The second-order valence-corrected chi connectivity index (χ2v) is 10.1. The quantitative estimate of drug-likeness (QED) is 0.141. The highest BCUT2D eigenvalue weighted by atomic mass is 19.3. The highest BCUT2D eigenvalue weighted by Gasteiger charge is 2.26. The van der Waals surface area contributed by atoms with Crippen LogP contribution in [0.25, 0.3) is 11.1 Å². The third-order valence-corrected chi connectivity index (χ3v) is 7.20. The molecule has 2 aromatic heterocycles. The van der Waals surface area contributed by atoms with Crippen LogP contribution < -0.4 is 10.2 Å². The van der Waals surface area contributed by atoms with E-state index in [4.69, 9.17) is 9.47 Å². The van der Waals surface area contributed by atoms with E-state index in [0.29, 0.717) is 40.2 Å². The number of halogens is 3. The van der Waals surface area contributed by atoms with Crippen LogP contribution in [0.4, 0.5) is 24.5 Å². The molecule has 2 aliphatic heterocycles. The molecule has 0 spiro atoms. The lowest BCUT2D eigenvalue weighted by Gasteiger charge is -2.39. The minimum atomic E-state index is -2.69. The Labute approximate surface area is 254 Å². The van der Waals surface area contributed by atoms with Gasteiger partial charge in [-0.05, 0) is 50.2 Å². The number of aromatic nitrogens is 2. The number of pyridine rings is 2. The van der Waals surface area contributed by atoms with Crippen molar-refractivity contribution in [1.29, 1.82) is 0 Å². The number of hydrogen-bond acceptors (Lipinski definition) is 9. The lowest BCUT2D eigenvalue weighted by Crippen LogP contribution is -2.50. The lowest BCUT2D eigenvalue weighted by molar-refractivity contribution is -0.107. The summed E-state index contributed by atoms with van der Waals surface area (Å²) in [6.07, 6.45) is 6.60. The van der Waals surface area contributed by atoms with E-state index in [1.54, 1.807) is 43.7 Å². The van der Waals surface area contributed by atoms with E-state index in [2.05, 4.69) is 37.1 Å². The van der Waals surface area contributed by atoms with Crippen LogP contribution in [0.5, 0.6) is 0 Å². The molecule has 2 fully saturated rings. The number of carbonyl (C=O) groups excluding carboxylic acids is 1. The zero-order valence-electron chi connectivity index (χ0n) is 24.5. The summed E-state index contributed by atoms with van der Waals surface area (Å²) in [4.78, 5) is 24.0. The number of likely N-dealkylation sites (tertiary alicyclic amines) is 1. The molecule has 3 aromatic rings. The topological polar surface area (TPSA) is 105 Å². The van der Waals surface area contributed by atoms with Gasteiger partial charge in [0.05, 0.1) is 48.4 Å². The summed E-state index contributed by atoms with van der Waals surface area (Å²) in [6, 6.07) is 10.2. The Morgan fingerprint density at radius 2 is 2.02 bits per heavy atom. The molecule has 44 heavy (non-hydrogen) atoms. The van der Waals surface area contributed by atoms with Gasteiger partial charge in [-0.3, -0.25) is 19.7 Å². The van der Waals surface area contributed by atoms with Crippen LogP contribution in [0.1, 0.15) is 30.5 Å².